The highest BCUT2D eigenvalue weighted by molar-refractivity contribution is 6.30. The Kier molecular flexibility index (Phi) is 7.25. The highest BCUT2D eigenvalue weighted by atomic mass is 35.5. The van der Waals surface area contributed by atoms with Crippen LogP contribution >= 0.6 is 11.6 Å². The molecule has 3 heteroatoms. The molecule has 0 atom stereocenters. The normalized spacial score (nSPS) is 11.1. The molecule has 0 bridgehead atoms. The highest BCUT2D eigenvalue weighted by Crippen LogP contribution is 2.25. The molecule has 0 unspecified atom stereocenters. The quantitative estimate of drug-likeness (QED) is 0.757. The summed E-state index contributed by atoms with van der Waals surface area (Å²) in [6.07, 6.45) is 2.46. The summed E-state index contributed by atoms with van der Waals surface area (Å²) in [5.41, 5.74) is 2.60. The molecule has 1 aromatic rings. The van der Waals surface area contributed by atoms with Crippen LogP contribution in [0.5, 0.6) is 0 Å². The van der Waals surface area contributed by atoms with Gasteiger partial charge < -0.3 is 10.2 Å². The Morgan fingerprint density at radius 1 is 1.26 bits per heavy atom. The average molecular weight is 283 g/mol. The van der Waals surface area contributed by atoms with Crippen LogP contribution in [0.25, 0.3) is 0 Å². The standard InChI is InChI=1S/C16H27ClN2/c1-5-7-10-19(6-2)16-9-8-15(17)11-14(16)12-18-13(3)4/h8-9,11,13,18H,5-7,10,12H2,1-4H3. The first-order valence-electron chi connectivity index (χ1n) is 7.35. The van der Waals surface area contributed by atoms with Crippen molar-refractivity contribution >= 4 is 17.3 Å². The summed E-state index contributed by atoms with van der Waals surface area (Å²) in [5.74, 6) is 0. The fourth-order valence-corrected chi connectivity index (χ4v) is 2.31. The highest BCUT2D eigenvalue weighted by Gasteiger charge is 2.10. The zero-order valence-electron chi connectivity index (χ0n) is 12.7. The summed E-state index contributed by atoms with van der Waals surface area (Å²) in [7, 11) is 0. The van der Waals surface area contributed by atoms with Crippen molar-refractivity contribution in [2.24, 2.45) is 0 Å². The van der Waals surface area contributed by atoms with E-state index in [0.717, 1.165) is 24.7 Å². The molecule has 0 aromatic heterocycles. The molecule has 1 N–H and O–H groups in total. The Balaban J connectivity index is 2.89. The van der Waals surface area contributed by atoms with Crippen LogP contribution in [0.3, 0.4) is 0 Å². The third-order valence-corrected chi connectivity index (χ3v) is 3.48. The van der Waals surface area contributed by atoms with E-state index in [0.29, 0.717) is 6.04 Å². The maximum atomic E-state index is 6.14. The molecule has 1 aromatic carbocycles. The molecule has 0 saturated carbocycles. The van der Waals surface area contributed by atoms with Crippen molar-refractivity contribution in [3.8, 4) is 0 Å². The number of anilines is 1. The van der Waals surface area contributed by atoms with Crippen molar-refractivity contribution in [2.45, 2.75) is 53.1 Å². The summed E-state index contributed by atoms with van der Waals surface area (Å²) in [4.78, 5) is 2.44. The van der Waals surface area contributed by atoms with E-state index in [2.05, 4.69) is 50.0 Å². The first-order chi connectivity index (χ1) is 9.08. The Labute approximate surface area is 123 Å². The van der Waals surface area contributed by atoms with Gasteiger partial charge in [-0.25, -0.2) is 0 Å². The largest absolute Gasteiger partial charge is 0.372 e. The van der Waals surface area contributed by atoms with Gasteiger partial charge in [0.1, 0.15) is 0 Å². The molecule has 0 heterocycles. The van der Waals surface area contributed by atoms with E-state index in [1.807, 2.05) is 6.07 Å². The first kappa shape index (κ1) is 16.3. The van der Waals surface area contributed by atoms with E-state index >= 15 is 0 Å². The van der Waals surface area contributed by atoms with Crippen LogP contribution in [0.1, 0.15) is 46.1 Å². The molecule has 2 nitrogen and oxygen atoms in total. The van der Waals surface area contributed by atoms with E-state index in [4.69, 9.17) is 11.6 Å². The molecule has 0 aliphatic heterocycles. The summed E-state index contributed by atoms with van der Waals surface area (Å²) in [5, 5.41) is 4.29. The maximum absolute atomic E-state index is 6.14. The molecule has 0 aliphatic carbocycles. The van der Waals surface area contributed by atoms with Gasteiger partial charge in [0, 0.05) is 36.4 Å². The molecule has 0 saturated heterocycles. The van der Waals surface area contributed by atoms with Gasteiger partial charge in [0.05, 0.1) is 0 Å². The van der Waals surface area contributed by atoms with E-state index in [1.165, 1.54) is 24.1 Å². The van der Waals surface area contributed by atoms with Crippen molar-refractivity contribution in [2.75, 3.05) is 18.0 Å². The van der Waals surface area contributed by atoms with Crippen LogP contribution in [0.15, 0.2) is 18.2 Å². The lowest BCUT2D eigenvalue weighted by atomic mass is 10.1. The number of hydrogen-bond acceptors (Lipinski definition) is 2. The van der Waals surface area contributed by atoms with Crippen LogP contribution in [-0.4, -0.2) is 19.1 Å². The number of hydrogen-bond donors (Lipinski definition) is 1. The second kappa shape index (κ2) is 8.44. The molecule has 0 spiro atoms. The monoisotopic (exact) mass is 282 g/mol. The Morgan fingerprint density at radius 3 is 2.58 bits per heavy atom. The predicted octanol–water partition coefficient (Wildman–Crippen LogP) is 4.46. The van der Waals surface area contributed by atoms with E-state index in [-0.39, 0.29) is 0 Å². The molecule has 0 radical (unpaired) electrons. The third-order valence-electron chi connectivity index (χ3n) is 3.25. The van der Waals surface area contributed by atoms with Gasteiger partial charge in [-0.05, 0) is 37.1 Å². The summed E-state index contributed by atoms with van der Waals surface area (Å²) >= 11 is 6.14. The van der Waals surface area contributed by atoms with Crippen LogP contribution in [0, 0.1) is 0 Å². The van der Waals surface area contributed by atoms with Crippen LogP contribution in [0.4, 0.5) is 5.69 Å². The van der Waals surface area contributed by atoms with Gasteiger partial charge in [-0.1, -0.05) is 38.8 Å². The van der Waals surface area contributed by atoms with Crippen molar-refractivity contribution in [3.63, 3.8) is 0 Å². The summed E-state index contributed by atoms with van der Waals surface area (Å²) in [6, 6.07) is 6.71. The third kappa shape index (κ3) is 5.42. The van der Waals surface area contributed by atoms with Gasteiger partial charge in [-0.2, -0.15) is 0 Å². The van der Waals surface area contributed by atoms with Gasteiger partial charge >= 0.3 is 0 Å². The van der Waals surface area contributed by atoms with Crippen molar-refractivity contribution < 1.29 is 0 Å². The van der Waals surface area contributed by atoms with Crippen LogP contribution < -0.4 is 10.2 Å². The number of halogens is 1. The molecular weight excluding hydrogens is 256 g/mol. The van der Waals surface area contributed by atoms with Gasteiger partial charge in [-0.3, -0.25) is 0 Å². The van der Waals surface area contributed by atoms with Crippen molar-refractivity contribution in [1.82, 2.24) is 5.32 Å². The predicted molar refractivity (Wildman–Crippen MR) is 86.2 cm³/mol. The lowest BCUT2D eigenvalue weighted by Gasteiger charge is -2.26. The second-order valence-corrected chi connectivity index (χ2v) is 5.68. The van der Waals surface area contributed by atoms with Gasteiger partial charge in [0.25, 0.3) is 0 Å². The zero-order valence-corrected chi connectivity index (χ0v) is 13.4. The van der Waals surface area contributed by atoms with Crippen molar-refractivity contribution in [1.29, 1.82) is 0 Å². The van der Waals surface area contributed by atoms with Crippen LogP contribution in [-0.2, 0) is 6.54 Å². The molecule has 19 heavy (non-hydrogen) atoms. The summed E-state index contributed by atoms with van der Waals surface area (Å²) < 4.78 is 0. The minimum atomic E-state index is 0.484. The minimum absolute atomic E-state index is 0.484. The summed E-state index contributed by atoms with van der Waals surface area (Å²) in [6.45, 7) is 11.8. The Morgan fingerprint density at radius 2 is 2.00 bits per heavy atom. The molecule has 0 amide bonds. The molecular formula is C16H27ClN2. The van der Waals surface area contributed by atoms with E-state index in [9.17, 15) is 0 Å². The van der Waals surface area contributed by atoms with E-state index < -0.39 is 0 Å². The van der Waals surface area contributed by atoms with Gasteiger partial charge in [-0.15, -0.1) is 0 Å². The molecule has 108 valence electrons. The zero-order chi connectivity index (χ0) is 14.3. The lowest BCUT2D eigenvalue weighted by molar-refractivity contribution is 0.587. The fraction of sp³-hybridized carbons (Fsp3) is 0.625. The number of benzene rings is 1. The van der Waals surface area contributed by atoms with Gasteiger partial charge in [0.2, 0.25) is 0 Å². The number of unbranched alkanes of at least 4 members (excludes halogenated alkanes) is 1. The molecule has 0 aliphatic rings. The minimum Gasteiger partial charge on any atom is -0.372 e. The number of nitrogens with one attached hydrogen (secondary N) is 1. The van der Waals surface area contributed by atoms with Crippen LogP contribution in [0.2, 0.25) is 5.02 Å². The second-order valence-electron chi connectivity index (χ2n) is 5.24. The number of rotatable bonds is 8. The topological polar surface area (TPSA) is 15.3 Å². The van der Waals surface area contributed by atoms with Gasteiger partial charge in [0.15, 0.2) is 0 Å². The Hall–Kier alpha value is -0.730. The lowest BCUT2D eigenvalue weighted by Crippen LogP contribution is -2.27. The average Bonchev–Trinajstić information content (AvgIpc) is 2.38. The molecule has 0 fully saturated rings. The van der Waals surface area contributed by atoms with Crippen molar-refractivity contribution in [3.05, 3.63) is 28.8 Å². The first-order valence-corrected chi connectivity index (χ1v) is 7.73. The molecule has 1 rings (SSSR count). The maximum Gasteiger partial charge on any atom is 0.0412 e. The number of nitrogens with zero attached hydrogens (tertiary/aromatic N) is 1. The Bertz CT molecular complexity index is 377. The van der Waals surface area contributed by atoms with E-state index in [1.54, 1.807) is 0 Å². The smallest absolute Gasteiger partial charge is 0.0412 e. The SMILES string of the molecule is CCCCN(CC)c1ccc(Cl)cc1CNC(C)C. The fourth-order valence-electron chi connectivity index (χ4n) is 2.12.